The van der Waals surface area contributed by atoms with E-state index in [9.17, 15) is 4.79 Å². The topological polar surface area (TPSA) is 62.7 Å². The third-order valence-corrected chi connectivity index (χ3v) is 5.04. The highest BCUT2D eigenvalue weighted by Crippen LogP contribution is 2.27. The summed E-state index contributed by atoms with van der Waals surface area (Å²) in [7, 11) is 0. The van der Waals surface area contributed by atoms with Gasteiger partial charge in [-0.15, -0.1) is 0 Å². The minimum atomic E-state index is 0.00713. The maximum atomic E-state index is 11.9. The molecule has 0 atom stereocenters. The van der Waals surface area contributed by atoms with E-state index in [4.69, 9.17) is 0 Å². The number of fused-ring (bicyclic) bond motifs is 1. The van der Waals surface area contributed by atoms with Crippen LogP contribution in [0.25, 0.3) is 10.9 Å². The van der Waals surface area contributed by atoms with Crippen molar-refractivity contribution in [1.82, 2.24) is 20.1 Å². The number of benzene rings is 1. The maximum Gasteiger partial charge on any atom is 0.266 e. The molecule has 1 aromatic carbocycles. The van der Waals surface area contributed by atoms with Gasteiger partial charge in [-0.3, -0.25) is 4.79 Å². The van der Waals surface area contributed by atoms with Gasteiger partial charge in [0.15, 0.2) is 0 Å². The van der Waals surface area contributed by atoms with Gasteiger partial charge in [-0.1, -0.05) is 18.2 Å². The summed E-state index contributed by atoms with van der Waals surface area (Å²) in [5.41, 5.74) is 2.51. The van der Waals surface area contributed by atoms with Crippen LogP contribution >= 0.6 is 0 Å². The Kier molecular flexibility index (Phi) is 4.17. The van der Waals surface area contributed by atoms with Crippen molar-refractivity contribution in [3.8, 4) is 0 Å². The molecule has 2 aromatic heterocycles. The number of aromatic nitrogens is 3. The van der Waals surface area contributed by atoms with E-state index in [1.54, 1.807) is 23.0 Å². The van der Waals surface area contributed by atoms with Crippen molar-refractivity contribution in [2.75, 3.05) is 0 Å². The quantitative estimate of drug-likeness (QED) is 0.776. The number of aromatic amines is 1. The van der Waals surface area contributed by atoms with Crippen LogP contribution in [-0.4, -0.2) is 20.8 Å². The molecule has 0 amide bonds. The lowest BCUT2D eigenvalue weighted by molar-refractivity contribution is 0.269. The fourth-order valence-corrected chi connectivity index (χ4v) is 3.70. The molecule has 1 saturated carbocycles. The molecule has 0 radical (unpaired) electrons. The van der Waals surface area contributed by atoms with Crippen molar-refractivity contribution < 1.29 is 0 Å². The first kappa shape index (κ1) is 15.1. The average Bonchev–Trinajstić information content (AvgIpc) is 3.04. The molecule has 124 valence electrons. The van der Waals surface area contributed by atoms with Gasteiger partial charge in [-0.05, 0) is 43.4 Å². The highest BCUT2D eigenvalue weighted by molar-refractivity contribution is 5.82. The van der Waals surface area contributed by atoms with Crippen LogP contribution in [0.4, 0.5) is 0 Å². The second-order valence-corrected chi connectivity index (χ2v) is 6.55. The number of nitrogens with one attached hydrogen (secondary N) is 2. The normalized spacial score (nSPS) is 21.2. The van der Waals surface area contributed by atoms with E-state index in [0.29, 0.717) is 6.04 Å². The van der Waals surface area contributed by atoms with Crippen LogP contribution < -0.4 is 10.9 Å². The molecule has 24 heavy (non-hydrogen) atoms. The number of nitrogens with zero attached hydrogens (tertiary/aromatic N) is 2. The summed E-state index contributed by atoms with van der Waals surface area (Å²) in [6, 6.07) is 12.4. The van der Waals surface area contributed by atoms with Crippen molar-refractivity contribution >= 4 is 10.9 Å². The molecule has 0 aliphatic heterocycles. The van der Waals surface area contributed by atoms with Crippen LogP contribution in [0, 0.1) is 0 Å². The Labute approximate surface area is 140 Å². The van der Waals surface area contributed by atoms with E-state index < -0.39 is 0 Å². The van der Waals surface area contributed by atoms with Crippen LogP contribution in [0.3, 0.4) is 0 Å². The summed E-state index contributed by atoms with van der Waals surface area (Å²) >= 11 is 0. The molecule has 1 aliphatic carbocycles. The monoisotopic (exact) mass is 322 g/mol. The first-order valence-electron chi connectivity index (χ1n) is 8.63. The zero-order valence-electron chi connectivity index (χ0n) is 13.6. The van der Waals surface area contributed by atoms with Crippen molar-refractivity contribution in [1.29, 1.82) is 0 Å². The zero-order valence-corrected chi connectivity index (χ0v) is 13.6. The van der Waals surface area contributed by atoms with E-state index in [-0.39, 0.29) is 11.6 Å². The zero-order chi connectivity index (χ0) is 16.4. The highest BCUT2D eigenvalue weighted by Gasteiger charge is 2.23. The van der Waals surface area contributed by atoms with Crippen LogP contribution in [0.15, 0.2) is 53.6 Å². The fourth-order valence-electron chi connectivity index (χ4n) is 3.70. The van der Waals surface area contributed by atoms with Crippen LogP contribution in [0.5, 0.6) is 0 Å². The van der Waals surface area contributed by atoms with Gasteiger partial charge in [0, 0.05) is 41.9 Å². The van der Waals surface area contributed by atoms with Crippen molar-refractivity contribution in [3.63, 3.8) is 0 Å². The third-order valence-electron chi connectivity index (χ3n) is 5.04. The van der Waals surface area contributed by atoms with E-state index in [2.05, 4.69) is 45.9 Å². The molecular weight excluding hydrogens is 300 g/mol. The molecule has 0 saturated heterocycles. The Balaban J connectivity index is 1.35. The number of hydrogen-bond acceptors (Lipinski definition) is 3. The summed E-state index contributed by atoms with van der Waals surface area (Å²) in [6.45, 7) is 0.878. The number of para-hydroxylation sites is 1. The summed E-state index contributed by atoms with van der Waals surface area (Å²) in [5, 5.41) is 9.19. The Hall–Kier alpha value is -2.40. The molecule has 0 bridgehead atoms. The molecule has 0 unspecified atom stereocenters. The molecule has 4 rings (SSSR count). The first-order chi connectivity index (χ1) is 11.8. The van der Waals surface area contributed by atoms with E-state index in [1.165, 1.54) is 16.5 Å². The lowest BCUT2D eigenvalue weighted by Gasteiger charge is -2.29. The highest BCUT2D eigenvalue weighted by atomic mass is 16.1. The molecule has 3 aromatic rings. The van der Waals surface area contributed by atoms with Crippen molar-refractivity contribution in [2.45, 2.75) is 44.3 Å². The van der Waals surface area contributed by atoms with Crippen LogP contribution in [-0.2, 0) is 6.54 Å². The lowest BCUT2D eigenvalue weighted by Crippen LogP contribution is -2.36. The SMILES string of the molecule is O=c1cccnn1C1CCC(NCc2c[nH]c3ccccc23)CC1. The van der Waals surface area contributed by atoms with Gasteiger partial charge in [-0.2, -0.15) is 5.10 Å². The van der Waals surface area contributed by atoms with E-state index >= 15 is 0 Å². The Bertz CT molecular complexity index is 874. The fraction of sp³-hybridized carbons (Fsp3) is 0.368. The average molecular weight is 322 g/mol. The van der Waals surface area contributed by atoms with Crippen LogP contribution in [0.1, 0.15) is 37.3 Å². The largest absolute Gasteiger partial charge is 0.361 e. The lowest BCUT2D eigenvalue weighted by atomic mass is 9.91. The molecule has 2 heterocycles. The standard InChI is InChI=1S/C19H22N4O/c24-19-6-3-11-22-23(19)16-9-7-15(8-10-16)20-12-14-13-21-18-5-2-1-4-17(14)18/h1-6,11,13,15-16,20-21H,7-10,12H2. The van der Waals surface area contributed by atoms with Crippen LogP contribution in [0.2, 0.25) is 0 Å². The number of rotatable bonds is 4. The molecule has 5 heteroatoms. The smallest absolute Gasteiger partial charge is 0.266 e. The van der Waals surface area contributed by atoms with Gasteiger partial charge in [0.1, 0.15) is 0 Å². The van der Waals surface area contributed by atoms with Gasteiger partial charge in [0.2, 0.25) is 0 Å². The Morgan fingerprint density at radius 2 is 1.96 bits per heavy atom. The molecule has 1 fully saturated rings. The minimum absolute atomic E-state index is 0.00713. The Morgan fingerprint density at radius 3 is 2.79 bits per heavy atom. The van der Waals surface area contributed by atoms with Gasteiger partial charge in [0.05, 0.1) is 6.04 Å². The second-order valence-electron chi connectivity index (χ2n) is 6.55. The predicted molar refractivity (Wildman–Crippen MR) is 94.9 cm³/mol. The third kappa shape index (κ3) is 2.99. The predicted octanol–water partition coefficient (Wildman–Crippen LogP) is 3.00. The van der Waals surface area contributed by atoms with E-state index in [1.807, 2.05) is 0 Å². The van der Waals surface area contributed by atoms with Gasteiger partial charge in [0.25, 0.3) is 5.56 Å². The minimum Gasteiger partial charge on any atom is -0.361 e. The summed E-state index contributed by atoms with van der Waals surface area (Å²) in [5.74, 6) is 0. The number of hydrogen-bond donors (Lipinski definition) is 2. The Morgan fingerprint density at radius 1 is 1.12 bits per heavy atom. The molecule has 1 aliphatic rings. The second kappa shape index (κ2) is 6.61. The number of H-pyrrole nitrogens is 1. The first-order valence-corrected chi connectivity index (χ1v) is 8.63. The summed E-state index contributed by atoms with van der Waals surface area (Å²) < 4.78 is 1.65. The van der Waals surface area contributed by atoms with Gasteiger partial charge < -0.3 is 10.3 Å². The van der Waals surface area contributed by atoms with Gasteiger partial charge >= 0.3 is 0 Å². The summed E-state index contributed by atoms with van der Waals surface area (Å²) in [4.78, 5) is 15.2. The van der Waals surface area contributed by atoms with E-state index in [0.717, 1.165) is 32.2 Å². The maximum absolute atomic E-state index is 11.9. The molecule has 5 nitrogen and oxygen atoms in total. The van der Waals surface area contributed by atoms with Crippen molar-refractivity contribution in [2.24, 2.45) is 0 Å². The molecule has 0 spiro atoms. The molecular formula is C19H22N4O. The van der Waals surface area contributed by atoms with Gasteiger partial charge in [-0.25, -0.2) is 4.68 Å². The molecule has 2 N–H and O–H groups in total. The van der Waals surface area contributed by atoms with Crippen molar-refractivity contribution in [3.05, 3.63) is 64.7 Å². The summed E-state index contributed by atoms with van der Waals surface area (Å²) in [6.07, 6.45) is 7.95.